The van der Waals surface area contributed by atoms with Gasteiger partial charge in [-0.25, -0.2) is 9.37 Å². The summed E-state index contributed by atoms with van der Waals surface area (Å²) in [6.45, 7) is 0. The zero-order valence-electron chi connectivity index (χ0n) is 8.68. The number of nitriles is 1. The maximum absolute atomic E-state index is 13.5. The van der Waals surface area contributed by atoms with Gasteiger partial charge < -0.3 is 5.73 Å². The fourth-order valence-corrected chi connectivity index (χ4v) is 2.97. The van der Waals surface area contributed by atoms with E-state index in [2.05, 4.69) is 4.98 Å². The summed E-state index contributed by atoms with van der Waals surface area (Å²) < 4.78 is 14.4. The minimum Gasteiger partial charge on any atom is -0.375 e. The van der Waals surface area contributed by atoms with Gasteiger partial charge in [-0.15, -0.1) is 11.8 Å². The lowest BCUT2D eigenvalue weighted by Gasteiger charge is -2.01. The third kappa shape index (κ3) is 2.96. The van der Waals surface area contributed by atoms with Crippen LogP contribution in [-0.2, 0) is 5.75 Å². The van der Waals surface area contributed by atoms with E-state index >= 15 is 0 Å². The second-order valence-electron chi connectivity index (χ2n) is 3.22. The van der Waals surface area contributed by atoms with Gasteiger partial charge in [0.25, 0.3) is 0 Å². The minimum atomic E-state index is -0.297. The summed E-state index contributed by atoms with van der Waals surface area (Å²) in [5, 5.41) is 9.24. The van der Waals surface area contributed by atoms with Crippen LogP contribution in [0.5, 0.6) is 0 Å². The predicted molar refractivity (Wildman–Crippen MR) is 67.2 cm³/mol. The van der Waals surface area contributed by atoms with E-state index in [4.69, 9.17) is 11.0 Å². The molecular weight excluding hydrogens is 257 g/mol. The number of nitrogen functional groups attached to an aromatic ring is 1. The lowest BCUT2D eigenvalue weighted by Crippen LogP contribution is -1.88. The summed E-state index contributed by atoms with van der Waals surface area (Å²) in [5.41, 5.74) is 6.48. The summed E-state index contributed by atoms with van der Waals surface area (Å²) in [6.07, 6.45) is 1.66. The van der Waals surface area contributed by atoms with Gasteiger partial charge in [0.1, 0.15) is 5.82 Å². The molecule has 0 fully saturated rings. The van der Waals surface area contributed by atoms with Crippen molar-refractivity contribution in [3.63, 3.8) is 0 Å². The van der Waals surface area contributed by atoms with Gasteiger partial charge in [0, 0.05) is 5.75 Å². The van der Waals surface area contributed by atoms with Gasteiger partial charge in [-0.05, 0) is 23.8 Å². The molecule has 0 aliphatic carbocycles. The van der Waals surface area contributed by atoms with Crippen molar-refractivity contribution in [3.8, 4) is 6.07 Å². The Balaban J connectivity index is 2.11. The number of aromatic nitrogens is 1. The Labute approximate surface area is 106 Å². The number of anilines is 1. The van der Waals surface area contributed by atoms with Crippen LogP contribution in [0.4, 0.5) is 9.52 Å². The van der Waals surface area contributed by atoms with Crippen molar-refractivity contribution < 1.29 is 4.39 Å². The average Bonchev–Trinajstić information content (AvgIpc) is 2.74. The Morgan fingerprint density at radius 2 is 2.35 bits per heavy atom. The zero-order chi connectivity index (χ0) is 12.3. The maximum atomic E-state index is 13.5. The number of halogens is 1. The Bertz CT molecular complexity index is 574. The summed E-state index contributed by atoms with van der Waals surface area (Å²) in [7, 11) is 0. The number of benzene rings is 1. The van der Waals surface area contributed by atoms with Crippen LogP contribution in [0.15, 0.2) is 28.6 Å². The van der Waals surface area contributed by atoms with Crippen molar-refractivity contribution >= 4 is 28.2 Å². The largest absolute Gasteiger partial charge is 0.375 e. The molecule has 0 aliphatic rings. The molecule has 0 unspecified atom stereocenters. The fraction of sp³-hybridized carbons (Fsp3) is 0.0909. The molecule has 0 radical (unpaired) electrons. The molecule has 2 aromatic rings. The Morgan fingerprint density at radius 3 is 3.00 bits per heavy atom. The normalized spacial score (nSPS) is 10.1. The molecule has 2 rings (SSSR count). The molecule has 0 amide bonds. The van der Waals surface area contributed by atoms with E-state index in [9.17, 15) is 4.39 Å². The molecule has 6 heteroatoms. The Morgan fingerprint density at radius 1 is 1.53 bits per heavy atom. The molecule has 0 atom stereocenters. The molecule has 2 N–H and O–H groups in total. The first-order valence-electron chi connectivity index (χ1n) is 4.71. The first-order chi connectivity index (χ1) is 8.19. The molecule has 0 saturated heterocycles. The Kier molecular flexibility index (Phi) is 3.61. The summed E-state index contributed by atoms with van der Waals surface area (Å²) >= 11 is 2.82. The minimum absolute atomic E-state index is 0.297. The molecule has 17 heavy (non-hydrogen) atoms. The molecular formula is C11H8FN3S2. The second kappa shape index (κ2) is 5.17. The van der Waals surface area contributed by atoms with Crippen LogP contribution in [0, 0.1) is 17.1 Å². The second-order valence-corrected chi connectivity index (χ2v) is 5.56. The number of thiazole rings is 1. The van der Waals surface area contributed by atoms with E-state index in [0.29, 0.717) is 22.0 Å². The van der Waals surface area contributed by atoms with Gasteiger partial charge in [0.15, 0.2) is 5.13 Å². The number of thioether (sulfide) groups is 1. The van der Waals surface area contributed by atoms with Crippen molar-refractivity contribution in [1.29, 1.82) is 5.26 Å². The van der Waals surface area contributed by atoms with Crippen molar-refractivity contribution in [2.75, 3.05) is 5.73 Å². The van der Waals surface area contributed by atoms with E-state index in [1.807, 2.05) is 6.07 Å². The van der Waals surface area contributed by atoms with Gasteiger partial charge in [-0.2, -0.15) is 5.26 Å². The average molecular weight is 265 g/mol. The first-order valence-corrected chi connectivity index (χ1v) is 6.52. The highest BCUT2D eigenvalue weighted by molar-refractivity contribution is 8.00. The van der Waals surface area contributed by atoms with Crippen LogP contribution in [0.1, 0.15) is 11.1 Å². The molecule has 0 aliphatic heterocycles. The summed E-state index contributed by atoms with van der Waals surface area (Å²) in [5.74, 6) is 0.164. The van der Waals surface area contributed by atoms with Crippen LogP contribution < -0.4 is 5.73 Å². The third-order valence-corrected chi connectivity index (χ3v) is 4.12. The number of nitrogens with zero attached hydrogens (tertiary/aromatic N) is 2. The molecule has 86 valence electrons. The summed E-state index contributed by atoms with van der Waals surface area (Å²) in [4.78, 5) is 3.91. The van der Waals surface area contributed by atoms with Crippen LogP contribution >= 0.6 is 23.1 Å². The van der Waals surface area contributed by atoms with Crippen molar-refractivity contribution in [3.05, 3.63) is 41.3 Å². The molecule has 3 nitrogen and oxygen atoms in total. The van der Waals surface area contributed by atoms with Gasteiger partial charge in [0.05, 0.1) is 22.0 Å². The molecule has 0 saturated carbocycles. The van der Waals surface area contributed by atoms with E-state index < -0.39 is 0 Å². The molecule has 0 bridgehead atoms. The highest BCUT2D eigenvalue weighted by atomic mass is 32.2. The van der Waals surface area contributed by atoms with Crippen molar-refractivity contribution in [2.24, 2.45) is 0 Å². The number of hydrogen-bond acceptors (Lipinski definition) is 5. The lowest BCUT2D eigenvalue weighted by atomic mass is 10.1. The molecule has 1 aromatic heterocycles. The maximum Gasteiger partial charge on any atom is 0.181 e. The van der Waals surface area contributed by atoms with Crippen LogP contribution in [0.3, 0.4) is 0 Å². The number of nitrogens with two attached hydrogens (primary N) is 1. The number of hydrogen-bond donors (Lipinski definition) is 1. The molecule has 0 spiro atoms. The van der Waals surface area contributed by atoms with E-state index in [1.165, 1.54) is 35.2 Å². The van der Waals surface area contributed by atoms with E-state index in [0.717, 1.165) is 4.21 Å². The van der Waals surface area contributed by atoms with Gasteiger partial charge in [0.2, 0.25) is 0 Å². The monoisotopic (exact) mass is 265 g/mol. The number of rotatable bonds is 3. The SMILES string of the molecule is N#Cc1ccc(F)c(CSc2cnc(N)s2)c1. The van der Waals surface area contributed by atoms with Crippen LogP contribution in [-0.4, -0.2) is 4.98 Å². The predicted octanol–water partition coefficient (Wildman–Crippen LogP) is 3.03. The topological polar surface area (TPSA) is 62.7 Å². The van der Waals surface area contributed by atoms with Gasteiger partial charge in [-0.1, -0.05) is 11.3 Å². The van der Waals surface area contributed by atoms with Crippen LogP contribution in [0.25, 0.3) is 0 Å². The van der Waals surface area contributed by atoms with Crippen LogP contribution in [0.2, 0.25) is 0 Å². The molecule has 1 heterocycles. The highest BCUT2D eigenvalue weighted by Gasteiger charge is 2.06. The standard InChI is InChI=1S/C11H8FN3S2/c12-9-2-1-7(4-13)3-8(9)6-16-10-5-15-11(14)17-10/h1-3,5H,6H2,(H2,14,15). The quantitative estimate of drug-likeness (QED) is 0.866. The Hall–Kier alpha value is -1.58. The summed E-state index contributed by atoms with van der Waals surface area (Å²) in [6, 6.07) is 6.33. The van der Waals surface area contributed by atoms with E-state index in [-0.39, 0.29) is 5.82 Å². The van der Waals surface area contributed by atoms with Gasteiger partial charge >= 0.3 is 0 Å². The fourth-order valence-electron chi connectivity index (χ4n) is 1.24. The smallest absolute Gasteiger partial charge is 0.181 e. The zero-order valence-corrected chi connectivity index (χ0v) is 10.3. The highest BCUT2D eigenvalue weighted by Crippen LogP contribution is 2.30. The molecule has 1 aromatic carbocycles. The van der Waals surface area contributed by atoms with Crippen molar-refractivity contribution in [1.82, 2.24) is 4.98 Å². The van der Waals surface area contributed by atoms with Crippen molar-refractivity contribution in [2.45, 2.75) is 9.96 Å². The third-order valence-electron chi connectivity index (χ3n) is 2.05. The first kappa shape index (κ1) is 11.9. The van der Waals surface area contributed by atoms with Gasteiger partial charge in [-0.3, -0.25) is 0 Å². The van der Waals surface area contributed by atoms with E-state index in [1.54, 1.807) is 12.3 Å². The lowest BCUT2D eigenvalue weighted by molar-refractivity contribution is 0.617.